The first-order chi connectivity index (χ1) is 10.6. The minimum Gasteiger partial charge on any atom is -0.272 e. The van der Waals surface area contributed by atoms with Crippen molar-refractivity contribution in [2.24, 2.45) is 0 Å². The average Bonchev–Trinajstić information content (AvgIpc) is 2.94. The number of benzene rings is 2. The molecule has 2 aromatic carbocycles. The highest BCUT2D eigenvalue weighted by Gasteiger charge is 2.16. The fourth-order valence-corrected chi connectivity index (χ4v) is 2.83. The van der Waals surface area contributed by atoms with Crippen LogP contribution in [-0.2, 0) is 0 Å². The van der Waals surface area contributed by atoms with E-state index in [0.29, 0.717) is 22.0 Å². The molecule has 0 saturated heterocycles. The third-order valence-corrected chi connectivity index (χ3v) is 3.96. The van der Waals surface area contributed by atoms with Gasteiger partial charge in [-0.15, -0.1) is 10.2 Å². The van der Waals surface area contributed by atoms with Gasteiger partial charge in [-0.1, -0.05) is 35.3 Å². The van der Waals surface area contributed by atoms with E-state index in [4.69, 9.17) is 19.4 Å². The van der Waals surface area contributed by atoms with E-state index in [1.165, 1.54) is 0 Å². The standard InChI is InChI=1S/C16H10BClN4/c1-9-15-20-21-16(11-4-2-3-5-12(11)18)22(15)14-8-10(17)6-7-13(14)19-9/h2-8H,1H3. The predicted molar refractivity (Wildman–Crippen MR) is 88.9 cm³/mol. The van der Waals surface area contributed by atoms with E-state index in [2.05, 4.69) is 15.2 Å². The minimum atomic E-state index is 0.628. The van der Waals surface area contributed by atoms with Crippen molar-refractivity contribution >= 4 is 41.6 Å². The summed E-state index contributed by atoms with van der Waals surface area (Å²) in [5, 5.41) is 9.21. The Labute approximate surface area is 133 Å². The minimum absolute atomic E-state index is 0.628. The second kappa shape index (κ2) is 4.82. The average molecular weight is 305 g/mol. The van der Waals surface area contributed by atoms with Crippen molar-refractivity contribution in [1.29, 1.82) is 0 Å². The van der Waals surface area contributed by atoms with Gasteiger partial charge >= 0.3 is 0 Å². The number of aryl methyl sites for hydroxylation is 1. The molecule has 22 heavy (non-hydrogen) atoms. The molecule has 0 aliphatic rings. The molecule has 4 rings (SSSR count). The lowest BCUT2D eigenvalue weighted by Crippen LogP contribution is -2.05. The summed E-state index contributed by atoms with van der Waals surface area (Å²) in [6.07, 6.45) is 0. The number of hydrogen-bond donors (Lipinski definition) is 0. The molecule has 2 heterocycles. The molecule has 2 radical (unpaired) electrons. The zero-order valence-corrected chi connectivity index (χ0v) is 12.5. The Hall–Kier alpha value is -2.40. The van der Waals surface area contributed by atoms with Crippen LogP contribution in [0, 0.1) is 6.92 Å². The Morgan fingerprint density at radius 1 is 1.09 bits per heavy atom. The summed E-state index contributed by atoms with van der Waals surface area (Å²) < 4.78 is 1.95. The molecule has 0 atom stereocenters. The summed E-state index contributed by atoms with van der Waals surface area (Å²) in [6.45, 7) is 1.91. The van der Waals surface area contributed by atoms with Gasteiger partial charge in [0.25, 0.3) is 0 Å². The Morgan fingerprint density at radius 2 is 1.91 bits per heavy atom. The monoisotopic (exact) mass is 304 g/mol. The quantitative estimate of drug-likeness (QED) is 0.508. The Kier molecular flexibility index (Phi) is 2.91. The first-order valence-corrected chi connectivity index (χ1v) is 7.19. The third-order valence-electron chi connectivity index (χ3n) is 3.63. The van der Waals surface area contributed by atoms with Crippen molar-refractivity contribution in [2.45, 2.75) is 6.92 Å². The van der Waals surface area contributed by atoms with Gasteiger partial charge in [-0.2, -0.15) is 0 Å². The van der Waals surface area contributed by atoms with E-state index in [9.17, 15) is 0 Å². The predicted octanol–water partition coefficient (Wildman–Crippen LogP) is 2.70. The van der Waals surface area contributed by atoms with Gasteiger partial charge < -0.3 is 0 Å². The lowest BCUT2D eigenvalue weighted by Gasteiger charge is -2.08. The zero-order chi connectivity index (χ0) is 15.3. The molecular formula is C16H10BClN4. The molecule has 0 fully saturated rings. The van der Waals surface area contributed by atoms with Crippen LogP contribution in [0.3, 0.4) is 0 Å². The summed E-state index contributed by atoms with van der Waals surface area (Å²) in [6, 6.07) is 13.2. The molecule has 0 unspecified atom stereocenters. The van der Waals surface area contributed by atoms with Gasteiger partial charge in [-0.05, 0) is 31.2 Å². The van der Waals surface area contributed by atoms with Gasteiger partial charge in [0.05, 0.1) is 21.7 Å². The molecule has 0 saturated carbocycles. The summed E-state index contributed by atoms with van der Waals surface area (Å²) in [7, 11) is 5.93. The summed E-state index contributed by atoms with van der Waals surface area (Å²) in [5.74, 6) is 0.682. The van der Waals surface area contributed by atoms with E-state index in [1.54, 1.807) is 0 Å². The highest BCUT2D eigenvalue weighted by atomic mass is 35.5. The van der Waals surface area contributed by atoms with Crippen LogP contribution in [0.2, 0.25) is 5.02 Å². The van der Waals surface area contributed by atoms with Gasteiger partial charge in [0.2, 0.25) is 0 Å². The highest BCUT2D eigenvalue weighted by molar-refractivity contribution is 6.33. The number of fused-ring (bicyclic) bond motifs is 3. The fourth-order valence-electron chi connectivity index (χ4n) is 2.61. The van der Waals surface area contributed by atoms with Crippen LogP contribution in [0.15, 0.2) is 42.5 Å². The van der Waals surface area contributed by atoms with Crippen LogP contribution >= 0.6 is 11.6 Å². The van der Waals surface area contributed by atoms with E-state index < -0.39 is 0 Å². The molecule has 0 amide bonds. The van der Waals surface area contributed by atoms with Crippen molar-refractivity contribution in [3.05, 3.63) is 53.2 Å². The van der Waals surface area contributed by atoms with Gasteiger partial charge in [0.15, 0.2) is 11.5 Å². The molecule has 6 heteroatoms. The zero-order valence-electron chi connectivity index (χ0n) is 11.8. The molecule has 0 aliphatic carbocycles. The first-order valence-electron chi connectivity index (χ1n) is 6.81. The molecule has 0 bridgehead atoms. The summed E-state index contributed by atoms with van der Waals surface area (Å²) in [4.78, 5) is 4.56. The summed E-state index contributed by atoms with van der Waals surface area (Å²) in [5.41, 5.74) is 4.70. The van der Waals surface area contributed by atoms with Crippen LogP contribution < -0.4 is 5.46 Å². The summed E-state index contributed by atoms with van der Waals surface area (Å²) >= 11 is 6.32. The van der Waals surface area contributed by atoms with E-state index in [1.807, 2.05) is 53.8 Å². The first kappa shape index (κ1) is 13.3. The second-order valence-corrected chi connectivity index (χ2v) is 5.52. The normalized spacial score (nSPS) is 11.4. The van der Waals surface area contributed by atoms with Crippen LogP contribution in [-0.4, -0.2) is 27.4 Å². The lowest BCUT2D eigenvalue weighted by atomic mass is 9.96. The maximum Gasteiger partial charge on any atom is 0.183 e. The topological polar surface area (TPSA) is 43.1 Å². The Bertz CT molecular complexity index is 1030. The molecule has 4 nitrogen and oxygen atoms in total. The Balaban J connectivity index is 2.19. The van der Waals surface area contributed by atoms with Crippen LogP contribution in [0.5, 0.6) is 0 Å². The van der Waals surface area contributed by atoms with Crippen molar-refractivity contribution < 1.29 is 0 Å². The molecule has 2 aromatic heterocycles. The number of aromatic nitrogens is 4. The van der Waals surface area contributed by atoms with Gasteiger partial charge in [0.1, 0.15) is 7.85 Å². The number of rotatable bonds is 1. The number of halogens is 1. The van der Waals surface area contributed by atoms with Gasteiger partial charge in [-0.3, -0.25) is 4.40 Å². The van der Waals surface area contributed by atoms with Gasteiger partial charge in [-0.25, -0.2) is 4.98 Å². The van der Waals surface area contributed by atoms with Crippen LogP contribution in [0.4, 0.5) is 0 Å². The van der Waals surface area contributed by atoms with E-state index in [-0.39, 0.29) is 0 Å². The van der Waals surface area contributed by atoms with Crippen LogP contribution in [0.25, 0.3) is 28.1 Å². The molecule has 0 spiro atoms. The van der Waals surface area contributed by atoms with Gasteiger partial charge in [0, 0.05) is 5.56 Å². The lowest BCUT2D eigenvalue weighted by molar-refractivity contribution is 1.11. The third kappa shape index (κ3) is 1.90. The fraction of sp³-hybridized carbons (Fsp3) is 0.0625. The number of hydrogen-bond acceptors (Lipinski definition) is 3. The maximum atomic E-state index is 6.32. The number of nitrogens with zero attached hydrogens (tertiary/aromatic N) is 4. The highest BCUT2D eigenvalue weighted by Crippen LogP contribution is 2.28. The maximum absolute atomic E-state index is 6.32. The second-order valence-electron chi connectivity index (χ2n) is 5.11. The van der Waals surface area contributed by atoms with Crippen molar-refractivity contribution in [2.75, 3.05) is 0 Å². The molecule has 4 aromatic rings. The Morgan fingerprint density at radius 3 is 2.73 bits per heavy atom. The SMILES string of the molecule is [B]c1ccc2nc(C)c3nnc(-c4ccccc4Cl)n3c2c1. The molecule has 104 valence electrons. The van der Waals surface area contributed by atoms with Crippen molar-refractivity contribution in [3.8, 4) is 11.4 Å². The van der Waals surface area contributed by atoms with Crippen molar-refractivity contribution in [3.63, 3.8) is 0 Å². The van der Waals surface area contributed by atoms with Crippen molar-refractivity contribution in [1.82, 2.24) is 19.6 Å². The van der Waals surface area contributed by atoms with E-state index >= 15 is 0 Å². The molecule has 0 N–H and O–H groups in total. The van der Waals surface area contributed by atoms with E-state index in [0.717, 1.165) is 22.3 Å². The van der Waals surface area contributed by atoms with Crippen LogP contribution in [0.1, 0.15) is 5.69 Å². The molecular weight excluding hydrogens is 294 g/mol. The largest absolute Gasteiger partial charge is 0.272 e. The molecule has 0 aliphatic heterocycles. The smallest absolute Gasteiger partial charge is 0.183 e.